The van der Waals surface area contributed by atoms with Gasteiger partial charge in [0.15, 0.2) is 0 Å². The number of hydrogen-bond donors (Lipinski definition) is 1. The van der Waals surface area contributed by atoms with Crippen LogP contribution in [0.3, 0.4) is 0 Å². The fourth-order valence-corrected chi connectivity index (χ4v) is 2.95. The van der Waals surface area contributed by atoms with Gasteiger partial charge in [-0.1, -0.05) is 56.3 Å². The lowest BCUT2D eigenvalue weighted by atomic mass is 9.78. The smallest absolute Gasteiger partial charge is 0.420 e. The van der Waals surface area contributed by atoms with Crippen LogP contribution in [0.15, 0.2) is 72.8 Å². The van der Waals surface area contributed by atoms with Gasteiger partial charge in [-0.05, 0) is 41.5 Å². The first kappa shape index (κ1) is 18.8. The molecule has 0 bridgehead atoms. The molecule has 3 aromatic carbocycles. The van der Waals surface area contributed by atoms with Gasteiger partial charge in [0, 0.05) is 11.1 Å². The number of rotatable bonds is 4. The number of halogens is 3. The van der Waals surface area contributed by atoms with Crippen LogP contribution in [-0.2, 0) is 11.6 Å². The van der Waals surface area contributed by atoms with Crippen molar-refractivity contribution in [2.45, 2.75) is 25.4 Å². The zero-order valence-electron chi connectivity index (χ0n) is 15.0. The van der Waals surface area contributed by atoms with Gasteiger partial charge in [0.1, 0.15) is 17.1 Å². The lowest BCUT2D eigenvalue weighted by Gasteiger charge is -2.26. The van der Waals surface area contributed by atoms with Crippen LogP contribution in [0.2, 0.25) is 0 Å². The molecule has 140 valence electrons. The summed E-state index contributed by atoms with van der Waals surface area (Å²) in [5, 5.41) is 0. The molecule has 27 heavy (non-hydrogen) atoms. The lowest BCUT2D eigenvalue weighted by Crippen LogP contribution is -2.18. The van der Waals surface area contributed by atoms with Crippen LogP contribution in [0.1, 0.15) is 30.5 Å². The van der Waals surface area contributed by atoms with Gasteiger partial charge in [-0.25, -0.2) is 0 Å². The maximum Gasteiger partial charge on any atom is 0.420 e. The molecule has 0 unspecified atom stereocenters. The van der Waals surface area contributed by atoms with Crippen LogP contribution >= 0.6 is 0 Å². The minimum atomic E-state index is -4.54. The Balaban J connectivity index is 1.88. The Morgan fingerprint density at radius 1 is 0.778 bits per heavy atom. The molecular weight excluding hydrogens is 351 g/mol. The van der Waals surface area contributed by atoms with E-state index in [1.807, 2.05) is 42.5 Å². The quantitative estimate of drug-likeness (QED) is 0.538. The molecule has 0 saturated heterocycles. The SMILES string of the molecule is CC(C)(c1ccccc1)c1ccc(Oc2ccc(N)cc2C(F)(F)F)cc1. The van der Waals surface area contributed by atoms with E-state index in [2.05, 4.69) is 13.8 Å². The van der Waals surface area contributed by atoms with E-state index in [9.17, 15) is 13.2 Å². The van der Waals surface area contributed by atoms with Crippen molar-refractivity contribution < 1.29 is 17.9 Å². The molecule has 0 radical (unpaired) electrons. The van der Waals surface area contributed by atoms with Crippen molar-refractivity contribution >= 4 is 5.69 Å². The first-order chi connectivity index (χ1) is 12.7. The number of benzene rings is 3. The number of nitrogens with two attached hydrogens (primary N) is 1. The van der Waals surface area contributed by atoms with Crippen molar-refractivity contribution in [3.05, 3.63) is 89.5 Å². The van der Waals surface area contributed by atoms with E-state index in [4.69, 9.17) is 10.5 Å². The van der Waals surface area contributed by atoms with E-state index in [-0.39, 0.29) is 16.9 Å². The van der Waals surface area contributed by atoms with Crippen molar-refractivity contribution in [3.63, 3.8) is 0 Å². The van der Waals surface area contributed by atoms with Gasteiger partial charge in [0.25, 0.3) is 0 Å². The number of anilines is 1. The topological polar surface area (TPSA) is 35.2 Å². The van der Waals surface area contributed by atoms with Gasteiger partial charge >= 0.3 is 6.18 Å². The highest BCUT2D eigenvalue weighted by Crippen LogP contribution is 2.40. The summed E-state index contributed by atoms with van der Waals surface area (Å²) in [6.07, 6.45) is -4.54. The molecule has 0 atom stereocenters. The van der Waals surface area contributed by atoms with E-state index < -0.39 is 11.7 Å². The predicted molar refractivity (Wildman–Crippen MR) is 101 cm³/mol. The van der Waals surface area contributed by atoms with Crippen LogP contribution < -0.4 is 10.5 Å². The first-order valence-corrected chi connectivity index (χ1v) is 8.48. The maximum absolute atomic E-state index is 13.2. The van der Waals surface area contributed by atoms with Crippen LogP contribution in [-0.4, -0.2) is 0 Å². The summed E-state index contributed by atoms with van der Waals surface area (Å²) < 4.78 is 45.1. The van der Waals surface area contributed by atoms with E-state index >= 15 is 0 Å². The van der Waals surface area contributed by atoms with Gasteiger partial charge in [-0.3, -0.25) is 0 Å². The average molecular weight is 371 g/mol. The molecule has 0 fully saturated rings. The van der Waals surface area contributed by atoms with Gasteiger partial charge in [0.05, 0.1) is 0 Å². The van der Waals surface area contributed by atoms with E-state index in [0.29, 0.717) is 5.75 Å². The normalized spacial score (nSPS) is 12.0. The van der Waals surface area contributed by atoms with Crippen LogP contribution in [0.5, 0.6) is 11.5 Å². The second-order valence-electron chi connectivity index (χ2n) is 6.87. The minimum absolute atomic E-state index is 0.0367. The van der Waals surface area contributed by atoms with Gasteiger partial charge in [0.2, 0.25) is 0 Å². The third-order valence-electron chi connectivity index (χ3n) is 4.61. The second-order valence-corrected chi connectivity index (χ2v) is 6.87. The Bertz CT molecular complexity index is 917. The molecule has 0 aliphatic carbocycles. The molecule has 2 nitrogen and oxygen atoms in total. The molecule has 0 spiro atoms. The van der Waals surface area contributed by atoms with Crippen molar-refractivity contribution in [2.75, 3.05) is 5.73 Å². The number of alkyl halides is 3. The Labute approximate surface area is 156 Å². The van der Waals surface area contributed by atoms with Crippen LogP contribution in [0.4, 0.5) is 18.9 Å². The Hall–Kier alpha value is -2.95. The molecular formula is C22H20F3NO. The molecule has 0 amide bonds. The summed E-state index contributed by atoms with van der Waals surface area (Å²) in [5.41, 5.74) is 6.58. The molecule has 0 saturated carbocycles. The monoisotopic (exact) mass is 371 g/mol. The fourth-order valence-electron chi connectivity index (χ4n) is 2.95. The van der Waals surface area contributed by atoms with Crippen molar-refractivity contribution in [2.24, 2.45) is 0 Å². The molecule has 0 aliphatic rings. The van der Waals surface area contributed by atoms with E-state index in [1.165, 1.54) is 12.1 Å². The summed E-state index contributed by atoms with van der Waals surface area (Å²) in [5.74, 6) is 0.0599. The Kier molecular flexibility index (Phi) is 4.87. The van der Waals surface area contributed by atoms with Gasteiger partial charge in [-0.2, -0.15) is 13.2 Å². The Morgan fingerprint density at radius 3 is 1.96 bits per heavy atom. The maximum atomic E-state index is 13.2. The zero-order valence-corrected chi connectivity index (χ0v) is 15.0. The van der Waals surface area contributed by atoms with Crippen molar-refractivity contribution in [3.8, 4) is 11.5 Å². The molecule has 0 aliphatic heterocycles. The predicted octanol–water partition coefficient (Wildman–Crippen LogP) is 6.41. The molecule has 5 heteroatoms. The lowest BCUT2D eigenvalue weighted by molar-refractivity contribution is -0.138. The van der Waals surface area contributed by atoms with E-state index in [0.717, 1.165) is 17.2 Å². The Morgan fingerprint density at radius 2 is 1.37 bits per heavy atom. The van der Waals surface area contributed by atoms with Crippen molar-refractivity contribution in [1.82, 2.24) is 0 Å². The molecule has 0 heterocycles. The molecule has 2 N–H and O–H groups in total. The van der Waals surface area contributed by atoms with Crippen LogP contribution in [0.25, 0.3) is 0 Å². The standard InChI is InChI=1S/C22H20F3NO/c1-21(2,15-6-4-3-5-7-15)16-8-11-18(12-9-16)27-20-13-10-17(26)14-19(20)22(23,24)25/h3-14H,26H2,1-2H3. The highest BCUT2D eigenvalue weighted by molar-refractivity contribution is 5.50. The summed E-state index contributed by atoms with van der Waals surface area (Å²) in [6, 6.07) is 20.6. The van der Waals surface area contributed by atoms with Gasteiger partial charge < -0.3 is 10.5 Å². The average Bonchev–Trinajstić information content (AvgIpc) is 2.63. The second kappa shape index (κ2) is 6.99. The fraction of sp³-hybridized carbons (Fsp3) is 0.182. The molecule has 3 rings (SSSR count). The number of nitrogen functional groups attached to an aromatic ring is 1. The highest BCUT2D eigenvalue weighted by Gasteiger charge is 2.35. The highest BCUT2D eigenvalue weighted by atomic mass is 19.4. The summed E-state index contributed by atoms with van der Waals surface area (Å²) in [4.78, 5) is 0. The zero-order chi connectivity index (χ0) is 19.7. The summed E-state index contributed by atoms with van der Waals surface area (Å²) in [7, 11) is 0. The first-order valence-electron chi connectivity index (χ1n) is 8.48. The van der Waals surface area contributed by atoms with Gasteiger partial charge in [-0.15, -0.1) is 0 Å². The summed E-state index contributed by atoms with van der Waals surface area (Å²) in [6.45, 7) is 4.19. The third-order valence-corrected chi connectivity index (χ3v) is 4.61. The van der Waals surface area contributed by atoms with Crippen LogP contribution in [0, 0.1) is 0 Å². The van der Waals surface area contributed by atoms with Crippen molar-refractivity contribution in [1.29, 1.82) is 0 Å². The largest absolute Gasteiger partial charge is 0.457 e. The third kappa shape index (κ3) is 4.08. The molecule has 0 aromatic heterocycles. The summed E-state index contributed by atoms with van der Waals surface area (Å²) >= 11 is 0. The number of ether oxygens (including phenoxy) is 1. The van der Waals surface area contributed by atoms with E-state index in [1.54, 1.807) is 12.1 Å². The molecule has 3 aromatic rings. The number of hydrogen-bond acceptors (Lipinski definition) is 2. The minimum Gasteiger partial charge on any atom is -0.457 e.